The van der Waals surface area contributed by atoms with Crippen LogP contribution >= 0.6 is 11.3 Å². The highest BCUT2D eigenvalue weighted by atomic mass is 32.1. The standard InChI is InChI=1S/C12H9FN2OS/c1-16-11-3-2-8(6-9(11)13)10-7-17-12-14-4-5-15(10)12/h2-7H,1H3. The molecular formula is C12H9FN2OS. The first-order valence-electron chi connectivity index (χ1n) is 5.04. The number of ether oxygens (including phenoxy) is 1. The Morgan fingerprint density at radius 2 is 2.29 bits per heavy atom. The van der Waals surface area contributed by atoms with Crippen LogP contribution < -0.4 is 4.74 Å². The highest BCUT2D eigenvalue weighted by Crippen LogP contribution is 2.28. The zero-order chi connectivity index (χ0) is 11.8. The summed E-state index contributed by atoms with van der Waals surface area (Å²) in [6.07, 6.45) is 3.60. The molecule has 0 unspecified atom stereocenters. The molecule has 0 radical (unpaired) electrons. The molecule has 0 fully saturated rings. The van der Waals surface area contributed by atoms with E-state index in [0.717, 1.165) is 16.2 Å². The first-order chi connectivity index (χ1) is 8.29. The van der Waals surface area contributed by atoms with E-state index in [1.54, 1.807) is 12.3 Å². The van der Waals surface area contributed by atoms with E-state index in [9.17, 15) is 4.39 Å². The van der Waals surface area contributed by atoms with Crippen molar-refractivity contribution in [2.75, 3.05) is 7.11 Å². The van der Waals surface area contributed by atoms with Crippen LogP contribution in [0.3, 0.4) is 0 Å². The lowest BCUT2D eigenvalue weighted by Crippen LogP contribution is -1.90. The van der Waals surface area contributed by atoms with Crippen molar-refractivity contribution in [1.82, 2.24) is 9.38 Å². The lowest BCUT2D eigenvalue weighted by molar-refractivity contribution is 0.386. The predicted octanol–water partition coefficient (Wildman–Crippen LogP) is 3.21. The Kier molecular flexibility index (Phi) is 2.33. The first-order valence-corrected chi connectivity index (χ1v) is 5.92. The third-order valence-corrected chi connectivity index (χ3v) is 3.44. The summed E-state index contributed by atoms with van der Waals surface area (Å²) in [5.41, 5.74) is 1.75. The molecule has 0 saturated carbocycles. The summed E-state index contributed by atoms with van der Waals surface area (Å²) in [5, 5.41) is 1.96. The molecule has 0 aliphatic carbocycles. The maximum Gasteiger partial charge on any atom is 0.194 e. The van der Waals surface area contributed by atoms with Crippen molar-refractivity contribution in [1.29, 1.82) is 0 Å². The zero-order valence-electron chi connectivity index (χ0n) is 9.05. The molecule has 0 N–H and O–H groups in total. The van der Waals surface area contributed by atoms with Gasteiger partial charge in [0.1, 0.15) is 0 Å². The number of fused-ring (bicyclic) bond motifs is 1. The third-order valence-electron chi connectivity index (χ3n) is 2.59. The number of imidazole rings is 1. The van der Waals surface area contributed by atoms with Gasteiger partial charge in [-0.25, -0.2) is 9.37 Å². The molecular weight excluding hydrogens is 239 g/mol. The Balaban J connectivity index is 2.16. The van der Waals surface area contributed by atoms with E-state index in [2.05, 4.69) is 4.98 Å². The molecule has 0 aliphatic heterocycles. The van der Waals surface area contributed by atoms with Crippen LogP contribution in [0.15, 0.2) is 36.0 Å². The monoisotopic (exact) mass is 248 g/mol. The van der Waals surface area contributed by atoms with Gasteiger partial charge in [0.2, 0.25) is 0 Å². The summed E-state index contributed by atoms with van der Waals surface area (Å²) in [6.45, 7) is 0. The van der Waals surface area contributed by atoms with Crippen LogP contribution in [-0.4, -0.2) is 16.5 Å². The van der Waals surface area contributed by atoms with Gasteiger partial charge in [0.05, 0.1) is 12.8 Å². The average Bonchev–Trinajstić information content (AvgIpc) is 2.90. The van der Waals surface area contributed by atoms with Gasteiger partial charge in [-0.3, -0.25) is 4.40 Å². The lowest BCUT2D eigenvalue weighted by atomic mass is 10.1. The Hall–Kier alpha value is -1.88. The second kappa shape index (κ2) is 3.85. The molecule has 2 heterocycles. The van der Waals surface area contributed by atoms with Gasteiger partial charge in [0.15, 0.2) is 16.5 Å². The number of hydrogen-bond acceptors (Lipinski definition) is 3. The molecule has 0 bridgehead atoms. The van der Waals surface area contributed by atoms with Gasteiger partial charge < -0.3 is 4.74 Å². The molecule has 3 aromatic rings. The van der Waals surface area contributed by atoms with E-state index in [1.807, 2.05) is 22.0 Å². The summed E-state index contributed by atoms with van der Waals surface area (Å²) in [4.78, 5) is 5.08. The summed E-state index contributed by atoms with van der Waals surface area (Å²) in [5.74, 6) is -0.102. The van der Waals surface area contributed by atoms with Gasteiger partial charge in [0.25, 0.3) is 0 Å². The fraction of sp³-hybridized carbons (Fsp3) is 0.0833. The molecule has 2 aromatic heterocycles. The van der Waals surface area contributed by atoms with E-state index < -0.39 is 0 Å². The van der Waals surface area contributed by atoms with E-state index in [0.29, 0.717) is 0 Å². The molecule has 17 heavy (non-hydrogen) atoms. The van der Waals surface area contributed by atoms with Crippen LogP contribution in [0.4, 0.5) is 4.39 Å². The Bertz CT molecular complexity index is 674. The van der Waals surface area contributed by atoms with E-state index in [1.165, 1.54) is 24.5 Å². The summed E-state index contributed by atoms with van der Waals surface area (Å²) < 4.78 is 20.5. The van der Waals surface area contributed by atoms with Gasteiger partial charge in [-0.15, -0.1) is 11.3 Å². The van der Waals surface area contributed by atoms with Crippen LogP contribution in [0.1, 0.15) is 0 Å². The lowest BCUT2D eigenvalue weighted by Gasteiger charge is -2.04. The SMILES string of the molecule is COc1ccc(-c2csc3nccn23)cc1F. The average molecular weight is 248 g/mol. The Morgan fingerprint density at radius 1 is 1.41 bits per heavy atom. The van der Waals surface area contributed by atoms with Crippen molar-refractivity contribution in [3.63, 3.8) is 0 Å². The number of methoxy groups -OCH3 is 1. The molecule has 3 rings (SSSR count). The topological polar surface area (TPSA) is 26.5 Å². The molecule has 86 valence electrons. The second-order valence-electron chi connectivity index (χ2n) is 3.55. The molecule has 0 saturated heterocycles. The maximum atomic E-state index is 13.6. The zero-order valence-corrected chi connectivity index (χ0v) is 9.87. The van der Waals surface area contributed by atoms with Gasteiger partial charge in [0, 0.05) is 23.3 Å². The highest BCUT2D eigenvalue weighted by Gasteiger charge is 2.09. The predicted molar refractivity (Wildman–Crippen MR) is 65.0 cm³/mol. The maximum absolute atomic E-state index is 13.6. The van der Waals surface area contributed by atoms with Gasteiger partial charge in [-0.2, -0.15) is 0 Å². The van der Waals surface area contributed by atoms with Crippen molar-refractivity contribution in [2.24, 2.45) is 0 Å². The normalized spacial score (nSPS) is 10.9. The quantitative estimate of drug-likeness (QED) is 0.696. The molecule has 0 amide bonds. The van der Waals surface area contributed by atoms with Crippen LogP contribution in [0.25, 0.3) is 16.2 Å². The Morgan fingerprint density at radius 3 is 3.06 bits per heavy atom. The molecule has 5 heteroatoms. The van der Waals surface area contributed by atoms with Gasteiger partial charge >= 0.3 is 0 Å². The minimum absolute atomic E-state index is 0.255. The van der Waals surface area contributed by atoms with E-state index in [4.69, 9.17) is 4.74 Å². The summed E-state index contributed by atoms with van der Waals surface area (Å²) in [6, 6.07) is 4.94. The molecule has 3 nitrogen and oxygen atoms in total. The smallest absolute Gasteiger partial charge is 0.194 e. The van der Waals surface area contributed by atoms with Crippen LogP contribution in [0, 0.1) is 5.82 Å². The van der Waals surface area contributed by atoms with Crippen molar-refractivity contribution < 1.29 is 9.13 Å². The molecule has 0 atom stereocenters. The van der Waals surface area contributed by atoms with Crippen LogP contribution in [0.2, 0.25) is 0 Å². The largest absolute Gasteiger partial charge is 0.494 e. The number of halogens is 1. The van der Waals surface area contributed by atoms with E-state index in [-0.39, 0.29) is 11.6 Å². The van der Waals surface area contributed by atoms with Crippen molar-refractivity contribution in [3.8, 4) is 17.0 Å². The molecule has 0 aliphatic rings. The van der Waals surface area contributed by atoms with Crippen molar-refractivity contribution in [3.05, 3.63) is 41.8 Å². The van der Waals surface area contributed by atoms with Crippen LogP contribution in [-0.2, 0) is 0 Å². The molecule has 1 aromatic carbocycles. The number of benzene rings is 1. The Labute approximate surface area is 101 Å². The van der Waals surface area contributed by atoms with Crippen LogP contribution in [0.5, 0.6) is 5.75 Å². The van der Waals surface area contributed by atoms with Crippen molar-refractivity contribution in [2.45, 2.75) is 0 Å². The highest BCUT2D eigenvalue weighted by molar-refractivity contribution is 7.15. The number of rotatable bonds is 2. The third kappa shape index (κ3) is 1.59. The first kappa shape index (κ1) is 10.3. The second-order valence-corrected chi connectivity index (χ2v) is 4.39. The number of aromatic nitrogens is 2. The van der Waals surface area contributed by atoms with Gasteiger partial charge in [-0.1, -0.05) is 0 Å². The van der Waals surface area contributed by atoms with Crippen molar-refractivity contribution >= 4 is 16.3 Å². The summed E-state index contributed by atoms with van der Waals surface area (Å²) in [7, 11) is 1.46. The molecule has 0 spiro atoms. The summed E-state index contributed by atoms with van der Waals surface area (Å²) >= 11 is 1.53. The fourth-order valence-electron chi connectivity index (χ4n) is 1.76. The number of nitrogens with zero attached hydrogens (tertiary/aromatic N) is 2. The minimum Gasteiger partial charge on any atom is -0.494 e. The number of hydrogen-bond donors (Lipinski definition) is 0. The van der Waals surface area contributed by atoms with Gasteiger partial charge in [-0.05, 0) is 18.2 Å². The van der Waals surface area contributed by atoms with E-state index >= 15 is 0 Å². The minimum atomic E-state index is -0.357. The fourth-order valence-corrected chi connectivity index (χ4v) is 2.62. The number of thiazole rings is 1.